The Morgan fingerprint density at radius 1 is 0.778 bits per heavy atom. The molecule has 0 radical (unpaired) electrons. The first-order chi connectivity index (χ1) is 8.93. The second-order valence-corrected chi connectivity index (χ2v) is 6.12. The summed E-state index contributed by atoms with van der Waals surface area (Å²) in [5, 5.41) is 10.8. The number of thiophene rings is 1. The molecule has 0 spiro atoms. The molecule has 1 aromatic rings. The van der Waals surface area contributed by atoms with E-state index in [1.807, 2.05) is 11.3 Å². The largest absolute Gasteiger partial charge is 0.396 e. The summed E-state index contributed by atoms with van der Waals surface area (Å²) in [4.78, 5) is 1.54. The van der Waals surface area contributed by atoms with Crippen LogP contribution in [0.15, 0.2) is 17.5 Å². The third-order valence-electron chi connectivity index (χ3n) is 3.41. The highest BCUT2D eigenvalue weighted by molar-refractivity contribution is 7.09. The van der Waals surface area contributed by atoms with Crippen molar-refractivity contribution in [3.8, 4) is 0 Å². The van der Waals surface area contributed by atoms with Crippen molar-refractivity contribution in [1.82, 2.24) is 0 Å². The molecule has 1 aromatic heterocycles. The van der Waals surface area contributed by atoms with Crippen LogP contribution in [0.4, 0.5) is 0 Å². The lowest BCUT2D eigenvalue weighted by Crippen LogP contribution is -1.85. The molecule has 0 fully saturated rings. The fourth-order valence-corrected chi connectivity index (χ4v) is 3.03. The van der Waals surface area contributed by atoms with Crippen molar-refractivity contribution in [3.05, 3.63) is 22.4 Å². The molecule has 1 heterocycles. The van der Waals surface area contributed by atoms with Crippen molar-refractivity contribution in [1.29, 1.82) is 0 Å². The van der Waals surface area contributed by atoms with Gasteiger partial charge in [0, 0.05) is 11.5 Å². The third-order valence-corrected chi connectivity index (χ3v) is 4.35. The topological polar surface area (TPSA) is 20.2 Å². The zero-order valence-electron chi connectivity index (χ0n) is 11.6. The minimum atomic E-state index is 0.365. The average Bonchev–Trinajstić information content (AvgIpc) is 2.89. The van der Waals surface area contributed by atoms with Crippen LogP contribution in [-0.2, 0) is 6.42 Å². The lowest BCUT2D eigenvalue weighted by molar-refractivity contribution is 0.282. The van der Waals surface area contributed by atoms with E-state index in [1.165, 1.54) is 64.2 Å². The molecule has 1 rings (SSSR count). The lowest BCUT2D eigenvalue weighted by Gasteiger charge is -2.02. The first kappa shape index (κ1) is 15.7. The van der Waals surface area contributed by atoms with Crippen LogP contribution in [0.25, 0.3) is 0 Å². The van der Waals surface area contributed by atoms with Gasteiger partial charge in [-0.25, -0.2) is 0 Å². The second kappa shape index (κ2) is 11.7. The van der Waals surface area contributed by atoms with Crippen molar-refractivity contribution in [2.75, 3.05) is 6.61 Å². The van der Waals surface area contributed by atoms with Gasteiger partial charge >= 0.3 is 0 Å². The van der Waals surface area contributed by atoms with Gasteiger partial charge in [-0.2, -0.15) is 0 Å². The predicted molar refractivity (Wildman–Crippen MR) is 81.3 cm³/mol. The zero-order chi connectivity index (χ0) is 12.9. The Labute approximate surface area is 116 Å². The first-order valence-electron chi connectivity index (χ1n) is 7.56. The molecule has 0 aliphatic heterocycles. The van der Waals surface area contributed by atoms with Crippen LogP contribution < -0.4 is 0 Å². The summed E-state index contributed by atoms with van der Waals surface area (Å²) in [6, 6.07) is 4.40. The highest BCUT2D eigenvalue weighted by Crippen LogP contribution is 2.14. The summed E-state index contributed by atoms with van der Waals surface area (Å²) in [5.74, 6) is 0. The van der Waals surface area contributed by atoms with Crippen molar-refractivity contribution >= 4 is 11.3 Å². The van der Waals surface area contributed by atoms with E-state index in [1.54, 1.807) is 4.88 Å². The van der Waals surface area contributed by atoms with Gasteiger partial charge in [0.05, 0.1) is 0 Å². The van der Waals surface area contributed by atoms with E-state index in [-0.39, 0.29) is 0 Å². The van der Waals surface area contributed by atoms with Crippen LogP contribution in [0.5, 0.6) is 0 Å². The number of unbranched alkanes of at least 4 members (excludes halogenated alkanes) is 9. The molecule has 104 valence electrons. The zero-order valence-corrected chi connectivity index (χ0v) is 12.4. The summed E-state index contributed by atoms with van der Waals surface area (Å²) >= 11 is 1.89. The normalized spacial score (nSPS) is 10.9. The van der Waals surface area contributed by atoms with E-state index < -0.39 is 0 Å². The maximum absolute atomic E-state index is 8.66. The molecule has 1 N–H and O–H groups in total. The van der Waals surface area contributed by atoms with Gasteiger partial charge in [0.2, 0.25) is 0 Å². The van der Waals surface area contributed by atoms with Crippen LogP contribution in [0, 0.1) is 0 Å². The van der Waals surface area contributed by atoms with E-state index >= 15 is 0 Å². The summed E-state index contributed by atoms with van der Waals surface area (Å²) < 4.78 is 0. The Balaban J connectivity index is 1.73. The van der Waals surface area contributed by atoms with Gasteiger partial charge in [-0.1, -0.05) is 57.4 Å². The van der Waals surface area contributed by atoms with Gasteiger partial charge in [0.25, 0.3) is 0 Å². The summed E-state index contributed by atoms with van der Waals surface area (Å²) in [7, 11) is 0. The molecule has 0 aliphatic carbocycles. The fourth-order valence-electron chi connectivity index (χ4n) is 2.28. The Bertz CT molecular complexity index is 256. The van der Waals surface area contributed by atoms with Crippen molar-refractivity contribution in [3.63, 3.8) is 0 Å². The maximum atomic E-state index is 8.66. The molecule has 0 bridgehead atoms. The number of hydrogen-bond donors (Lipinski definition) is 1. The number of hydrogen-bond acceptors (Lipinski definition) is 2. The lowest BCUT2D eigenvalue weighted by atomic mass is 10.1. The van der Waals surface area contributed by atoms with E-state index in [0.29, 0.717) is 6.61 Å². The van der Waals surface area contributed by atoms with Crippen molar-refractivity contribution in [2.45, 2.75) is 70.6 Å². The molecular formula is C16H28OS. The van der Waals surface area contributed by atoms with Crippen LogP contribution >= 0.6 is 11.3 Å². The van der Waals surface area contributed by atoms with E-state index in [4.69, 9.17) is 5.11 Å². The monoisotopic (exact) mass is 268 g/mol. The Hall–Kier alpha value is -0.340. The van der Waals surface area contributed by atoms with Gasteiger partial charge in [0.1, 0.15) is 0 Å². The fraction of sp³-hybridized carbons (Fsp3) is 0.750. The molecule has 18 heavy (non-hydrogen) atoms. The van der Waals surface area contributed by atoms with E-state index in [9.17, 15) is 0 Å². The standard InChI is InChI=1S/C16H28OS/c17-14-10-8-6-4-2-1-3-5-7-9-12-16-13-11-15-18-16/h11,13,15,17H,1-10,12,14H2. The molecule has 0 amide bonds. The van der Waals surface area contributed by atoms with Gasteiger partial charge in [0.15, 0.2) is 0 Å². The predicted octanol–water partition coefficient (Wildman–Crippen LogP) is 5.18. The molecule has 0 unspecified atom stereocenters. The summed E-state index contributed by atoms with van der Waals surface area (Å²) in [6.07, 6.45) is 14.5. The minimum Gasteiger partial charge on any atom is -0.396 e. The highest BCUT2D eigenvalue weighted by Gasteiger charge is 1.95. The average molecular weight is 268 g/mol. The van der Waals surface area contributed by atoms with E-state index in [2.05, 4.69) is 17.5 Å². The van der Waals surface area contributed by atoms with Crippen LogP contribution in [0.3, 0.4) is 0 Å². The minimum absolute atomic E-state index is 0.365. The molecule has 0 saturated carbocycles. The van der Waals surface area contributed by atoms with Gasteiger partial charge < -0.3 is 5.11 Å². The summed E-state index contributed by atoms with van der Waals surface area (Å²) in [5.41, 5.74) is 0. The molecule has 1 nitrogen and oxygen atoms in total. The Kier molecular flexibility index (Phi) is 10.2. The van der Waals surface area contributed by atoms with Gasteiger partial charge in [-0.15, -0.1) is 11.3 Å². The highest BCUT2D eigenvalue weighted by atomic mass is 32.1. The van der Waals surface area contributed by atoms with Gasteiger partial charge in [-0.3, -0.25) is 0 Å². The number of aliphatic hydroxyl groups is 1. The molecule has 2 heteroatoms. The molecule has 0 aliphatic rings. The molecular weight excluding hydrogens is 240 g/mol. The first-order valence-corrected chi connectivity index (χ1v) is 8.44. The number of aliphatic hydroxyl groups excluding tert-OH is 1. The smallest absolute Gasteiger partial charge is 0.0431 e. The quantitative estimate of drug-likeness (QED) is 0.518. The maximum Gasteiger partial charge on any atom is 0.0431 e. The van der Waals surface area contributed by atoms with E-state index in [0.717, 1.165) is 6.42 Å². The van der Waals surface area contributed by atoms with Gasteiger partial charge in [-0.05, 0) is 30.7 Å². The van der Waals surface area contributed by atoms with Crippen LogP contribution in [-0.4, -0.2) is 11.7 Å². The van der Waals surface area contributed by atoms with Crippen LogP contribution in [0.1, 0.15) is 69.1 Å². The molecule has 0 saturated heterocycles. The van der Waals surface area contributed by atoms with Crippen molar-refractivity contribution < 1.29 is 5.11 Å². The summed E-state index contributed by atoms with van der Waals surface area (Å²) in [6.45, 7) is 0.365. The number of rotatable bonds is 12. The molecule has 0 atom stereocenters. The Morgan fingerprint density at radius 2 is 1.33 bits per heavy atom. The SMILES string of the molecule is OCCCCCCCCCCCCc1cccs1. The molecule has 0 aromatic carbocycles. The second-order valence-electron chi connectivity index (χ2n) is 5.09. The van der Waals surface area contributed by atoms with Crippen LogP contribution in [0.2, 0.25) is 0 Å². The van der Waals surface area contributed by atoms with Crippen molar-refractivity contribution in [2.24, 2.45) is 0 Å². The third kappa shape index (κ3) is 8.71. The Morgan fingerprint density at radius 3 is 1.83 bits per heavy atom. The number of aryl methyl sites for hydroxylation is 1.